The number of carbonyl (C=O) groups excluding carboxylic acids is 2. The molecule has 29 heavy (non-hydrogen) atoms. The van der Waals surface area contributed by atoms with Crippen molar-refractivity contribution in [3.8, 4) is 0 Å². The van der Waals surface area contributed by atoms with E-state index >= 15 is 0 Å². The number of esters is 2. The van der Waals surface area contributed by atoms with E-state index in [2.05, 4.69) is 6.58 Å². The van der Waals surface area contributed by atoms with E-state index in [0.717, 1.165) is 0 Å². The van der Waals surface area contributed by atoms with E-state index in [1.165, 1.54) is 0 Å². The van der Waals surface area contributed by atoms with Crippen LogP contribution in [0.2, 0.25) is 0 Å². The average Bonchev–Trinajstić information content (AvgIpc) is 2.73. The Balaban J connectivity index is 1.77. The highest BCUT2D eigenvalue weighted by atomic mass is 16.6. The number of carbonyl (C=O) groups is 2. The van der Waals surface area contributed by atoms with E-state index in [4.69, 9.17) is 28.4 Å². The summed E-state index contributed by atoms with van der Waals surface area (Å²) in [4.78, 5) is 22.8. The minimum absolute atomic E-state index is 0.195. The van der Waals surface area contributed by atoms with Crippen LogP contribution in [0.15, 0.2) is 42.5 Å². The highest BCUT2D eigenvalue weighted by Crippen LogP contribution is 2.00. The summed E-state index contributed by atoms with van der Waals surface area (Å²) in [7, 11) is 0. The molecule has 0 aliphatic carbocycles. The zero-order valence-corrected chi connectivity index (χ0v) is 16.9. The molecule has 0 spiro atoms. The van der Waals surface area contributed by atoms with Crippen molar-refractivity contribution < 1.29 is 38.0 Å². The number of hydrogen-bond acceptors (Lipinski definition) is 8. The summed E-state index contributed by atoms with van der Waals surface area (Å²) in [5, 5.41) is 0. The summed E-state index contributed by atoms with van der Waals surface area (Å²) >= 11 is 0. The van der Waals surface area contributed by atoms with E-state index in [-0.39, 0.29) is 19.2 Å². The Labute approximate surface area is 171 Å². The predicted molar refractivity (Wildman–Crippen MR) is 106 cm³/mol. The van der Waals surface area contributed by atoms with Crippen LogP contribution < -0.4 is 0 Å². The first kappa shape index (κ1) is 24.8. The van der Waals surface area contributed by atoms with E-state index in [1.54, 1.807) is 31.2 Å². The molecule has 0 atom stereocenters. The summed E-state index contributed by atoms with van der Waals surface area (Å²) < 4.78 is 31.3. The third kappa shape index (κ3) is 13.5. The van der Waals surface area contributed by atoms with Crippen LogP contribution in [0.4, 0.5) is 0 Å². The standard InChI is InChI=1S/C21H30O8/c1-18(2)20(22)28-16-14-26-12-10-24-8-9-25-11-13-27-15-17-29-21(23)19-6-4-3-5-7-19/h3-7H,1,8-17H2,2H3. The molecule has 0 bridgehead atoms. The molecule has 0 radical (unpaired) electrons. The molecule has 0 aliphatic heterocycles. The maximum absolute atomic E-state index is 11.7. The molecular formula is C21H30O8. The van der Waals surface area contributed by atoms with Gasteiger partial charge in [0.05, 0.1) is 58.4 Å². The smallest absolute Gasteiger partial charge is 0.338 e. The lowest BCUT2D eigenvalue weighted by Crippen LogP contribution is -2.15. The fraction of sp³-hybridized carbons (Fsp3) is 0.524. The van der Waals surface area contributed by atoms with Crippen LogP contribution in [0.1, 0.15) is 17.3 Å². The Bertz CT molecular complexity index is 588. The fourth-order valence-corrected chi connectivity index (χ4v) is 1.93. The van der Waals surface area contributed by atoms with Gasteiger partial charge in [-0.3, -0.25) is 0 Å². The molecule has 8 nitrogen and oxygen atoms in total. The second-order valence-corrected chi connectivity index (χ2v) is 5.87. The van der Waals surface area contributed by atoms with Crippen LogP contribution in [-0.2, 0) is 33.2 Å². The van der Waals surface area contributed by atoms with E-state index in [0.29, 0.717) is 64.0 Å². The quantitative estimate of drug-likeness (QED) is 0.219. The van der Waals surface area contributed by atoms with Gasteiger partial charge in [-0.25, -0.2) is 9.59 Å². The van der Waals surface area contributed by atoms with Crippen molar-refractivity contribution in [3.05, 3.63) is 48.0 Å². The molecule has 1 rings (SSSR count). The second-order valence-electron chi connectivity index (χ2n) is 5.87. The van der Waals surface area contributed by atoms with Gasteiger partial charge in [0.2, 0.25) is 0 Å². The Hall–Kier alpha value is -2.26. The van der Waals surface area contributed by atoms with Gasteiger partial charge in [0.15, 0.2) is 0 Å². The first-order chi connectivity index (χ1) is 14.1. The highest BCUT2D eigenvalue weighted by Gasteiger charge is 2.05. The molecule has 0 amide bonds. The largest absolute Gasteiger partial charge is 0.460 e. The van der Waals surface area contributed by atoms with Crippen molar-refractivity contribution >= 4 is 11.9 Å². The van der Waals surface area contributed by atoms with Crippen molar-refractivity contribution in [3.63, 3.8) is 0 Å². The predicted octanol–water partition coefficient (Wildman–Crippen LogP) is 2.03. The second kappa shape index (κ2) is 16.7. The van der Waals surface area contributed by atoms with Gasteiger partial charge >= 0.3 is 11.9 Å². The maximum atomic E-state index is 11.7. The molecule has 0 aromatic heterocycles. The number of benzene rings is 1. The summed E-state index contributed by atoms with van der Waals surface area (Å²) in [5.41, 5.74) is 0.887. The Kier molecular flexibility index (Phi) is 14.2. The molecule has 0 unspecified atom stereocenters. The van der Waals surface area contributed by atoms with Gasteiger partial charge in [0.25, 0.3) is 0 Å². The van der Waals surface area contributed by atoms with Gasteiger partial charge in [-0.05, 0) is 19.1 Å². The zero-order valence-electron chi connectivity index (χ0n) is 16.9. The monoisotopic (exact) mass is 410 g/mol. The maximum Gasteiger partial charge on any atom is 0.338 e. The Morgan fingerprint density at radius 1 is 0.690 bits per heavy atom. The topological polar surface area (TPSA) is 89.5 Å². The molecule has 8 heteroatoms. The van der Waals surface area contributed by atoms with Crippen LogP contribution in [-0.4, -0.2) is 78.0 Å². The summed E-state index contributed by atoms with van der Waals surface area (Å²) in [6.45, 7) is 8.69. The van der Waals surface area contributed by atoms with E-state index in [1.807, 2.05) is 6.07 Å². The lowest BCUT2D eigenvalue weighted by molar-refractivity contribution is -0.140. The lowest BCUT2D eigenvalue weighted by Gasteiger charge is -2.08. The molecule has 0 fully saturated rings. The summed E-state index contributed by atoms with van der Waals surface area (Å²) in [5.74, 6) is -0.779. The van der Waals surface area contributed by atoms with Crippen molar-refractivity contribution in [2.75, 3.05) is 66.1 Å². The van der Waals surface area contributed by atoms with Crippen molar-refractivity contribution in [2.24, 2.45) is 0 Å². The first-order valence-corrected chi connectivity index (χ1v) is 9.47. The zero-order chi connectivity index (χ0) is 21.2. The van der Waals surface area contributed by atoms with Gasteiger partial charge in [-0.2, -0.15) is 0 Å². The summed E-state index contributed by atoms with van der Waals surface area (Å²) in [6.07, 6.45) is 0. The van der Waals surface area contributed by atoms with Gasteiger partial charge in [-0.1, -0.05) is 24.8 Å². The molecule has 1 aromatic carbocycles. The molecule has 0 saturated carbocycles. The third-order valence-electron chi connectivity index (χ3n) is 3.40. The van der Waals surface area contributed by atoms with Gasteiger partial charge in [0.1, 0.15) is 13.2 Å². The summed E-state index contributed by atoms with van der Waals surface area (Å²) in [6, 6.07) is 8.81. The highest BCUT2D eigenvalue weighted by molar-refractivity contribution is 5.89. The van der Waals surface area contributed by atoms with Crippen LogP contribution >= 0.6 is 0 Å². The van der Waals surface area contributed by atoms with Crippen molar-refractivity contribution in [1.82, 2.24) is 0 Å². The molecule has 0 N–H and O–H groups in total. The molecule has 0 aliphatic rings. The first-order valence-electron chi connectivity index (χ1n) is 9.47. The minimum atomic E-state index is -0.417. The normalized spacial score (nSPS) is 10.5. The van der Waals surface area contributed by atoms with Crippen molar-refractivity contribution in [1.29, 1.82) is 0 Å². The Morgan fingerprint density at radius 3 is 1.55 bits per heavy atom. The average molecular weight is 410 g/mol. The van der Waals surface area contributed by atoms with Crippen molar-refractivity contribution in [2.45, 2.75) is 6.92 Å². The van der Waals surface area contributed by atoms with Gasteiger partial charge in [0, 0.05) is 5.57 Å². The van der Waals surface area contributed by atoms with Gasteiger partial charge < -0.3 is 28.4 Å². The third-order valence-corrected chi connectivity index (χ3v) is 3.40. The number of ether oxygens (including phenoxy) is 6. The molecule has 1 aromatic rings. The fourth-order valence-electron chi connectivity index (χ4n) is 1.93. The lowest BCUT2D eigenvalue weighted by atomic mass is 10.2. The number of hydrogen-bond donors (Lipinski definition) is 0. The minimum Gasteiger partial charge on any atom is -0.460 e. The van der Waals surface area contributed by atoms with Crippen LogP contribution in [0.25, 0.3) is 0 Å². The Morgan fingerprint density at radius 2 is 1.10 bits per heavy atom. The molecular weight excluding hydrogens is 380 g/mol. The van der Waals surface area contributed by atoms with E-state index < -0.39 is 5.97 Å². The molecule has 0 heterocycles. The molecule has 0 saturated heterocycles. The SMILES string of the molecule is C=C(C)C(=O)OCCOCCOCCOCCOCCOC(=O)c1ccccc1. The van der Waals surface area contributed by atoms with Crippen LogP contribution in [0, 0.1) is 0 Å². The number of rotatable bonds is 17. The van der Waals surface area contributed by atoms with Crippen LogP contribution in [0.5, 0.6) is 0 Å². The van der Waals surface area contributed by atoms with E-state index in [9.17, 15) is 9.59 Å². The van der Waals surface area contributed by atoms with Gasteiger partial charge in [-0.15, -0.1) is 0 Å². The van der Waals surface area contributed by atoms with Crippen LogP contribution in [0.3, 0.4) is 0 Å². The molecule has 162 valence electrons.